The summed E-state index contributed by atoms with van der Waals surface area (Å²) in [7, 11) is 0. The molecule has 2 aromatic rings. The van der Waals surface area contributed by atoms with E-state index in [-0.39, 0.29) is 0 Å². The molecule has 4 rings (SSSR count). The largest absolute Gasteiger partial charge is 0.369 e. The third-order valence-corrected chi connectivity index (χ3v) is 7.28. The Bertz CT molecular complexity index is 922. The smallest absolute Gasteiger partial charge is 0.126 e. The van der Waals surface area contributed by atoms with Gasteiger partial charge in [0.1, 0.15) is 5.82 Å². The Hall–Kier alpha value is -2.59. The fraction of sp³-hybridized carbons (Fsp3) is 0.500. The van der Waals surface area contributed by atoms with Crippen LogP contribution in [0.2, 0.25) is 0 Å². The van der Waals surface area contributed by atoms with Crippen LogP contribution < -0.4 is 10.7 Å². The van der Waals surface area contributed by atoms with E-state index in [1.165, 1.54) is 80.2 Å². The average molecular weight is 459 g/mol. The van der Waals surface area contributed by atoms with E-state index in [9.17, 15) is 0 Å². The highest BCUT2D eigenvalue weighted by Crippen LogP contribution is 2.36. The van der Waals surface area contributed by atoms with Crippen LogP contribution in [0.15, 0.2) is 66.9 Å². The number of rotatable bonds is 13. The van der Waals surface area contributed by atoms with Gasteiger partial charge < -0.3 is 10.7 Å². The maximum absolute atomic E-state index is 4.58. The summed E-state index contributed by atoms with van der Waals surface area (Å²) in [5.41, 5.74) is 9.36. The normalized spacial score (nSPS) is 17.3. The summed E-state index contributed by atoms with van der Waals surface area (Å²) >= 11 is 0. The molecule has 0 radical (unpaired) electrons. The van der Waals surface area contributed by atoms with Crippen molar-refractivity contribution in [2.75, 3.05) is 25.0 Å². The maximum Gasteiger partial charge on any atom is 0.126 e. The van der Waals surface area contributed by atoms with Crippen molar-refractivity contribution in [3.05, 3.63) is 78.0 Å². The van der Waals surface area contributed by atoms with Crippen LogP contribution in [0.4, 0.5) is 5.82 Å². The second kappa shape index (κ2) is 12.8. The molecule has 1 aliphatic heterocycles. The Balaban J connectivity index is 1.29. The number of allylic oxidation sites excluding steroid dienone is 1. The number of nitrogens with one attached hydrogen (secondary N) is 2. The van der Waals surface area contributed by atoms with Crippen molar-refractivity contribution in [1.29, 1.82) is 0 Å². The molecule has 1 saturated heterocycles. The quantitative estimate of drug-likeness (QED) is 0.322. The Morgan fingerprint density at radius 1 is 1.18 bits per heavy atom. The number of pyridine rings is 1. The Morgan fingerprint density at radius 3 is 2.68 bits per heavy atom. The number of nitrogens with zero attached hydrogens (tertiary/aromatic N) is 2. The third kappa shape index (κ3) is 7.46. The minimum atomic E-state index is 0.493. The predicted molar refractivity (Wildman–Crippen MR) is 144 cm³/mol. The van der Waals surface area contributed by atoms with Gasteiger partial charge in [0.25, 0.3) is 0 Å². The van der Waals surface area contributed by atoms with Gasteiger partial charge in [-0.3, -0.25) is 0 Å². The minimum Gasteiger partial charge on any atom is -0.369 e. The van der Waals surface area contributed by atoms with Crippen LogP contribution in [0.1, 0.15) is 69.4 Å². The number of benzene rings is 1. The lowest BCUT2D eigenvalue weighted by atomic mass is 9.91. The van der Waals surface area contributed by atoms with Crippen LogP contribution in [0.3, 0.4) is 0 Å². The summed E-state index contributed by atoms with van der Waals surface area (Å²) in [6, 6.07) is 15.3. The molecular weight excluding hydrogens is 416 g/mol. The van der Waals surface area contributed by atoms with Crippen molar-refractivity contribution in [2.45, 2.75) is 64.7 Å². The molecule has 0 bridgehead atoms. The van der Waals surface area contributed by atoms with Gasteiger partial charge in [-0.15, -0.1) is 6.58 Å². The first-order valence-corrected chi connectivity index (χ1v) is 13.4. The second-order valence-electron chi connectivity index (χ2n) is 9.99. The molecule has 0 spiro atoms. The van der Waals surface area contributed by atoms with Crippen LogP contribution >= 0.6 is 0 Å². The zero-order valence-corrected chi connectivity index (χ0v) is 20.9. The zero-order valence-electron chi connectivity index (χ0n) is 20.9. The molecular formula is C30H42N4. The van der Waals surface area contributed by atoms with Crippen molar-refractivity contribution in [3.8, 4) is 0 Å². The Kier molecular flexibility index (Phi) is 9.20. The number of aryl methyl sites for hydroxylation is 1. The SMILES string of the molecule is C=CC(CCCC)CNc1cc(C(NN2CCC(CCc3ccccc3)CC2)=C2CC2)ccn1. The van der Waals surface area contributed by atoms with E-state index >= 15 is 0 Å². The lowest BCUT2D eigenvalue weighted by molar-refractivity contribution is 0.147. The van der Waals surface area contributed by atoms with Crippen LogP contribution in [0, 0.1) is 11.8 Å². The van der Waals surface area contributed by atoms with Gasteiger partial charge in [-0.25, -0.2) is 9.99 Å². The van der Waals surface area contributed by atoms with E-state index in [1.54, 1.807) is 0 Å². The summed E-state index contributed by atoms with van der Waals surface area (Å²) in [6.45, 7) is 9.39. The molecule has 1 unspecified atom stereocenters. The van der Waals surface area contributed by atoms with Crippen molar-refractivity contribution in [2.24, 2.45) is 11.8 Å². The molecule has 1 saturated carbocycles. The van der Waals surface area contributed by atoms with Crippen LogP contribution in [-0.2, 0) is 6.42 Å². The van der Waals surface area contributed by atoms with Gasteiger partial charge in [-0.05, 0) is 80.1 Å². The lowest BCUT2D eigenvalue weighted by Gasteiger charge is -2.33. The van der Waals surface area contributed by atoms with Crippen LogP contribution in [0.25, 0.3) is 5.70 Å². The molecule has 2 aliphatic rings. The molecule has 1 aromatic carbocycles. The highest BCUT2D eigenvalue weighted by molar-refractivity contribution is 5.71. The number of aromatic nitrogens is 1. The maximum atomic E-state index is 4.58. The predicted octanol–water partition coefficient (Wildman–Crippen LogP) is 6.84. The monoisotopic (exact) mass is 458 g/mol. The van der Waals surface area contributed by atoms with Gasteiger partial charge in [0.15, 0.2) is 0 Å². The molecule has 1 atom stereocenters. The van der Waals surface area contributed by atoms with Gasteiger partial charge >= 0.3 is 0 Å². The topological polar surface area (TPSA) is 40.2 Å². The fourth-order valence-electron chi connectivity index (χ4n) is 4.86. The van der Waals surface area contributed by atoms with E-state index < -0.39 is 0 Å². The van der Waals surface area contributed by atoms with Crippen molar-refractivity contribution in [1.82, 2.24) is 15.4 Å². The van der Waals surface area contributed by atoms with Gasteiger partial charge in [-0.2, -0.15) is 0 Å². The fourth-order valence-corrected chi connectivity index (χ4v) is 4.86. The first-order valence-electron chi connectivity index (χ1n) is 13.4. The molecule has 34 heavy (non-hydrogen) atoms. The summed E-state index contributed by atoms with van der Waals surface area (Å²) in [6.07, 6.45) is 15.1. The first kappa shape index (κ1) is 24.5. The minimum absolute atomic E-state index is 0.493. The van der Waals surface area contributed by atoms with Crippen molar-refractivity contribution < 1.29 is 0 Å². The van der Waals surface area contributed by atoms with E-state index in [0.29, 0.717) is 5.92 Å². The summed E-state index contributed by atoms with van der Waals surface area (Å²) in [5, 5.41) is 5.99. The number of unbranched alkanes of at least 4 members (excludes halogenated alkanes) is 1. The van der Waals surface area contributed by atoms with Gasteiger partial charge in [0.05, 0.1) is 5.70 Å². The van der Waals surface area contributed by atoms with Gasteiger partial charge in [-0.1, -0.05) is 56.2 Å². The molecule has 1 aliphatic carbocycles. The summed E-state index contributed by atoms with van der Waals surface area (Å²) in [5.74, 6) is 2.28. The zero-order chi connectivity index (χ0) is 23.6. The lowest BCUT2D eigenvalue weighted by Crippen LogP contribution is -2.42. The summed E-state index contributed by atoms with van der Waals surface area (Å²) < 4.78 is 0. The standard InChI is InChI=1S/C30H42N4/c1-3-5-9-24(4-2)23-32-29-22-28(16-19-31-29)30(27-14-15-27)33-34-20-17-26(18-21-34)13-12-25-10-7-6-8-11-25/h4,6-8,10-11,16,19,22,24,26,33H,2-3,5,9,12-15,17-18,20-21,23H2,1H3,(H,31,32). The highest BCUT2D eigenvalue weighted by Gasteiger charge is 2.24. The van der Waals surface area contributed by atoms with Crippen molar-refractivity contribution in [3.63, 3.8) is 0 Å². The average Bonchev–Trinajstić information content (AvgIpc) is 3.73. The van der Waals surface area contributed by atoms with Crippen LogP contribution in [-0.4, -0.2) is 29.6 Å². The molecule has 2 heterocycles. The van der Waals surface area contributed by atoms with Gasteiger partial charge in [0, 0.05) is 31.4 Å². The number of piperidine rings is 1. The molecule has 182 valence electrons. The highest BCUT2D eigenvalue weighted by atomic mass is 15.5. The van der Waals surface area contributed by atoms with E-state index in [2.05, 4.69) is 82.8 Å². The van der Waals surface area contributed by atoms with E-state index in [1.807, 2.05) is 6.20 Å². The molecule has 2 fully saturated rings. The van der Waals surface area contributed by atoms with Gasteiger partial charge in [0.2, 0.25) is 0 Å². The number of hydrazine groups is 1. The Labute approximate surface area is 206 Å². The second-order valence-corrected chi connectivity index (χ2v) is 9.99. The molecule has 1 aromatic heterocycles. The number of hydrogen-bond donors (Lipinski definition) is 2. The number of anilines is 1. The van der Waals surface area contributed by atoms with E-state index in [0.717, 1.165) is 31.4 Å². The molecule has 2 N–H and O–H groups in total. The molecule has 0 amide bonds. The summed E-state index contributed by atoms with van der Waals surface area (Å²) in [4.78, 5) is 4.58. The van der Waals surface area contributed by atoms with E-state index in [4.69, 9.17) is 0 Å². The van der Waals surface area contributed by atoms with Crippen molar-refractivity contribution >= 4 is 11.5 Å². The molecule has 4 nitrogen and oxygen atoms in total. The molecule has 4 heteroatoms. The number of hydrogen-bond acceptors (Lipinski definition) is 4. The Morgan fingerprint density at radius 2 is 1.97 bits per heavy atom. The first-order chi connectivity index (χ1) is 16.7. The van der Waals surface area contributed by atoms with Crippen LogP contribution in [0.5, 0.6) is 0 Å². The third-order valence-electron chi connectivity index (χ3n) is 7.28.